The normalized spacial score (nSPS) is 11.9. The molecule has 11 rings (SSSR count). The van der Waals surface area contributed by atoms with Crippen LogP contribution in [-0.4, -0.2) is 13.7 Å². The first-order chi connectivity index (χ1) is 25.3. The summed E-state index contributed by atoms with van der Waals surface area (Å²) in [5.41, 5.74) is 13.0. The van der Waals surface area contributed by atoms with Crippen LogP contribution in [0.5, 0.6) is 0 Å². The lowest BCUT2D eigenvalue weighted by Gasteiger charge is -2.16. The van der Waals surface area contributed by atoms with E-state index in [2.05, 4.69) is 202 Å². The van der Waals surface area contributed by atoms with Crippen molar-refractivity contribution in [3.8, 4) is 28.2 Å². The zero-order chi connectivity index (χ0) is 33.5. The SMILES string of the molecule is c1ccc(-c2cccc(-n3c4ccccc4c4ccc5c6ccccc6n(-c6cccc7c8ccccc8n(-c8ccccc8)c67)c5c43)c2)cc1. The predicted molar refractivity (Wildman–Crippen MR) is 215 cm³/mol. The number of aromatic nitrogens is 3. The molecule has 0 atom stereocenters. The Bertz CT molecular complexity index is 3120. The molecule has 0 unspecified atom stereocenters. The number of hydrogen-bond acceptors (Lipinski definition) is 0. The van der Waals surface area contributed by atoms with Crippen LogP contribution in [0, 0.1) is 0 Å². The van der Waals surface area contributed by atoms with E-state index >= 15 is 0 Å². The molecule has 3 aromatic heterocycles. The topological polar surface area (TPSA) is 14.8 Å². The van der Waals surface area contributed by atoms with Crippen LogP contribution in [-0.2, 0) is 0 Å². The highest BCUT2D eigenvalue weighted by Crippen LogP contribution is 2.44. The largest absolute Gasteiger partial charge is 0.307 e. The Balaban J connectivity index is 1.34. The molecular weight excluding hydrogens is 619 g/mol. The average molecular weight is 650 g/mol. The number of nitrogens with zero attached hydrogens (tertiary/aromatic N) is 3. The highest BCUT2D eigenvalue weighted by atomic mass is 15.1. The third kappa shape index (κ3) is 4.00. The monoisotopic (exact) mass is 649 g/mol. The van der Waals surface area contributed by atoms with E-state index in [9.17, 15) is 0 Å². The molecule has 0 aliphatic carbocycles. The predicted octanol–water partition coefficient (Wildman–Crippen LogP) is 12.6. The van der Waals surface area contributed by atoms with Gasteiger partial charge >= 0.3 is 0 Å². The summed E-state index contributed by atoms with van der Waals surface area (Å²) in [6, 6.07) is 68.4. The molecule has 0 N–H and O–H groups in total. The Morgan fingerprint density at radius 1 is 0.255 bits per heavy atom. The molecule has 8 aromatic carbocycles. The van der Waals surface area contributed by atoms with Gasteiger partial charge in [0.2, 0.25) is 0 Å². The van der Waals surface area contributed by atoms with Gasteiger partial charge in [-0.3, -0.25) is 0 Å². The highest BCUT2D eigenvalue weighted by molar-refractivity contribution is 6.24. The molecular formula is C48H31N3. The fourth-order valence-corrected chi connectivity index (χ4v) is 8.50. The first-order valence-electron chi connectivity index (χ1n) is 17.5. The summed E-state index contributed by atoms with van der Waals surface area (Å²) in [7, 11) is 0. The van der Waals surface area contributed by atoms with Crippen molar-refractivity contribution in [1.82, 2.24) is 13.7 Å². The van der Waals surface area contributed by atoms with Crippen molar-refractivity contribution in [3.63, 3.8) is 0 Å². The van der Waals surface area contributed by atoms with Gasteiger partial charge in [0.05, 0.1) is 38.8 Å². The molecule has 0 fully saturated rings. The summed E-state index contributed by atoms with van der Waals surface area (Å²) in [6.07, 6.45) is 0. The molecule has 0 amide bonds. The second kappa shape index (κ2) is 10.8. The summed E-state index contributed by atoms with van der Waals surface area (Å²) in [4.78, 5) is 0. The molecule has 238 valence electrons. The van der Waals surface area contributed by atoms with Gasteiger partial charge < -0.3 is 13.7 Å². The van der Waals surface area contributed by atoms with E-state index in [1.165, 1.54) is 76.5 Å². The third-order valence-corrected chi connectivity index (χ3v) is 10.6. The number of para-hydroxylation sites is 5. The van der Waals surface area contributed by atoms with Crippen molar-refractivity contribution in [2.75, 3.05) is 0 Å². The summed E-state index contributed by atoms with van der Waals surface area (Å²) in [5.74, 6) is 0. The standard InChI is InChI=1S/C48H31N3/c1-3-15-32(16-4-1)33-17-13-20-35(31-33)50-43-26-11-8-22-37(43)40-29-30-41-38-23-9-12-27-44(38)51(48(41)47(40)50)45-28-14-24-39-36-21-7-10-25-42(36)49(46(39)45)34-18-5-2-6-19-34/h1-31H. The van der Waals surface area contributed by atoms with E-state index in [1.54, 1.807) is 0 Å². The van der Waals surface area contributed by atoms with Gasteiger partial charge in [-0.1, -0.05) is 140 Å². The van der Waals surface area contributed by atoms with Crippen molar-refractivity contribution in [2.45, 2.75) is 0 Å². The van der Waals surface area contributed by atoms with Crippen molar-refractivity contribution in [3.05, 3.63) is 188 Å². The van der Waals surface area contributed by atoms with E-state index in [0.29, 0.717) is 0 Å². The molecule has 0 radical (unpaired) electrons. The zero-order valence-corrected chi connectivity index (χ0v) is 27.7. The van der Waals surface area contributed by atoms with Crippen LogP contribution in [0.4, 0.5) is 0 Å². The Morgan fingerprint density at radius 2 is 0.686 bits per heavy atom. The van der Waals surface area contributed by atoms with E-state index in [1.807, 2.05) is 0 Å². The first-order valence-corrected chi connectivity index (χ1v) is 17.5. The van der Waals surface area contributed by atoms with Crippen LogP contribution in [0.1, 0.15) is 0 Å². The van der Waals surface area contributed by atoms with E-state index in [4.69, 9.17) is 0 Å². The molecule has 51 heavy (non-hydrogen) atoms. The van der Waals surface area contributed by atoms with Crippen molar-refractivity contribution < 1.29 is 0 Å². The highest BCUT2D eigenvalue weighted by Gasteiger charge is 2.24. The maximum Gasteiger partial charge on any atom is 0.0789 e. The second-order valence-corrected chi connectivity index (χ2v) is 13.3. The lowest BCUT2D eigenvalue weighted by atomic mass is 10.1. The summed E-state index contributed by atoms with van der Waals surface area (Å²) in [5, 5.41) is 7.44. The fraction of sp³-hybridized carbons (Fsp3) is 0. The minimum absolute atomic E-state index is 1.14. The van der Waals surface area contributed by atoms with Crippen LogP contribution < -0.4 is 0 Å². The third-order valence-electron chi connectivity index (χ3n) is 10.6. The quantitative estimate of drug-likeness (QED) is 0.180. The fourth-order valence-electron chi connectivity index (χ4n) is 8.50. The number of fused-ring (bicyclic) bond motifs is 10. The Labute approximate surface area is 294 Å². The smallest absolute Gasteiger partial charge is 0.0789 e. The van der Waals surface area contributed by atoms with Crippen LogP contribution in [0.25, 0.3) is 93.6 Å². The van der Waals surface area contributed by atoms with Crippen LogP contribution in [0.3, 0.4) is 0 Å². The van der Waals surface area contributed by atoms with Crippen LogP contribution >= 0.6 is 0 Å². The van der Waals surface area contributed by atoms with Crippen molar-refractivity contribution in [2.24, 2.45) is 0 Å². The Kier molecular flexibility index (Phi) is 5.96. The number of hydrogen-bond donors (Lipinski definition) is 0. The van der Waals surface area contributed by atoms with Gasteiger partial charge in [0, 0.05) is 43.7 Å². The summed E-state index contributed by atoms with van der Waals surface area (Å²) < 4.78 is 7.46. The first kappa shape index (κ1) is 28.0. The van der Waals surface area contributed by atoms with Gasteiger partial charge in [-0.25, -0.2) is 0 Å². The molecule has 0 spiro atoms. The van der Waals surface area contributed by atoms with Crippen LogP contribution in [0.2, 0.25) is 0 Å². The maximum atomic E-state index is 2.53. The molecule has 0 saturated heterocycles. The van der Waals surface area contributed by atoms with Gasteiger partial charge in [0.15, 0.2) is 0 Å². The zero-order valence-electron chi connectivity index (χ0n) is 27.7. The lowest BCUT2D eigenvalue weighted by Crippen LogP contribution is -2.02. The van der Waals surface area contributed by atoms with Crippen LogP contribution in [0.15, 0.2) is 188 Å². The summed E-state index contributed by atoms with van der Waals surface area (Å²) >= 11 is 0. The molecule has 0 aliphatic heterocycles. The molecule has 0 saturated carbocycles. The van der Waals surface area contributed by atoms with Gasteiger partial charge in [-0.2, -0.15) is 0 Å². The minimum Gasteiger partial charge on any atom is -0.307 e. The summed E-state index contributed by atoms with van der Waals surface area (Å²) in [6.45, 7) is 0. The van der Waals surface area contributed by atoms with Gasteiger partial charge in [-0.05, 0) is 59.7 Å². The van der Waals surface area contributed by atoms with Crippen molar-refractivity contribution >= 4 is 65.4 Å². The van der Waals surface area contributed by atoms with Crippen molar-refractivity contribution in [1.29, 1.82) is 0 Å². The molecule has 11 aromatic rings. The Morgan fingerprint density at radius 3 is 1.33 bits per heavy atom. The van der Waals surface area contributed by atoms with E-state index < -0.39 is 0 Å². The molecule has 3 heterocycles. The molecule has 3 heteroatoms. The van der Waals surface area contributed by atoms with E-state index in [0.717, 1.165) is 17.1 Å². The van der Waals surface area contributed by atoms with Gasteiger partial charge in [0.1, 0.15) is 0 Å². The molecule has 0 aliphatic rings. The Hall–Kier alpha value is -6.84. The van der Waals surface area contributed by atoms with Gasteiger partial charge in [0.25, 0.3) is 0 Å². The number of benzene rings is 8. The molecule has 0 bridgehead atoms. The average Bonchev–Trinajstić information content (AvgIpc) is 3.85. The van der Waals surface area contributed by atoms with Gasteiger partial charge in [-0.15, -0.1) is 0 Å². The lowest BCUT2D eigenvalue weighted by molar-refractivity contribution is 1.12. The van der Waals surface area contributed by atoms with E-state index in [-0.39, 0.29) is 0 Å². The molecule has 3 nitrogen and oxygen atoms in total. The minimum atomic E-state index is 1.14. The maximum absolute atomic E-state index is 2.53. The number of rotatable bonds is 4. The second-order valence-electron chi connectivity index (χ2n) is 13.3.